The van der Waals surface area contributed by atoms with E-state index in [1.165, 1.54) is 4.57 Å². The van der Waals surface area contributed by atoms with Crippen LogP contribution >= 0.6 is 11.6 Å². The van der Waals surface area contributed by atoms with Crippen molar-refractivity contribution in [1.29, 1.82) is 0 Å². The third-order valence-corrected chi connectivity index (χ3v) is 5.51. The Hall–Kier alpha value is -2.86. The van der Waals surface area contributed by atoms with E-state index in [1.54, 1.807) is 49.4 Å². The molecule has 1 N–H and O–H groups in total. The number of rotatable bonds is 4. The number of amides is 1. The molecule has 1 aliphatic rings. The van der Waals surface area contributed by atoms with Crippen LogP contribution in [0.1, 0.15) is 31.4 Å². The number of fused-ring (bicyclic) bond motifs is 1. The van der Waals surface area contributed by atoms with Gasteiger partial charge in [0.15, 0.2) is 0 Å². The van der Waals surface area contributed by atoms with Gasteiger partial charge in [0.2, 0.25) is 5.91 Å². The van der Waals surface area contributed by atoms with Gasteiger partial charge in [-0.15, -0.1) is 0 Å². The first-order valence-electron chi connectivity index (χ1n) is 9.21. The van der Waals surface area contributed by atoms with Crippen LogP contribution < -0.4 is 16.6 Å². The zero-order valence-electron chi connectivity index (χ0n) is 15.6. The van der Waals surface area contributed by atoms with Crippen LogP contribution in [0.2, 0.25) is 5.02 Å². The fourth-order valence-electron chi connectivity index (χ4n) is 3.27. The Morgan fingerprint density at radius 3 is 2.57 bits per heavy atom. The van der Waals surface area contributed by atoms with Crippen LogP contribution in [0.3, 0.4) is 0 Å². The van der Waals surface area contributed by atoms with Crippen LogP contribution in [0.4, 0.5) is 0 Å². The standard InChI is InChI=1S/C21H20ClN3O3/c1-12-7-10-15(11-17(12)22)25-20(27)16-5-3-4-6-18(16)24(21(25)28)13(2)19(26)23-14-8-9-14/h3-7,10-11,13-14H,8-9H2,1-2H3,(H,23,26)/t13-/m0/s1. The summed E-state index contributed by atoms with van der Waals surface area (Å²) in [4.78, 5) is 39.1. The number of nitrogens with one attached hydrogen (secondary N) is 1. The molecule has 0 unspecified atom stereocenters. The lowest BCUT2D eigenvalue weighted by molar-refractivity contribution is -0.124. The van der Waals surface area contributed by atoms with Crippen molar-refractivity contribution >= 4 is 28.4 Å². The first-order valence-corrected chi connectivity index (χ1v) is 9.59. The number of benzene rings is 2. The summed E-state index contributed by atoms with van der Waals surface area (Å²) in [6.45, 7) is 3.51. The Bertz CT molecular complexity index is 1210. The van der Waals surface area contributed by atoms with Crippen molar-refractivity contribution in [2.75, 3.05) is 0 Å². The smallest absolute Gasteiger partial charge is 0.336 e. The molecule has 1 aromatic heterocycles. The number of carbonyl (C=O) groups excluding carboxylic acids is 1. The molecule has 0 spiro atoms. The van der Waals surface area contributed by atoms with Crippen molar-refractivity contribution in [2.45, 2.75) is 38.8 Å². The second-order valence-electron chi connectivity index (χ2n) is 7.20. The Morgan fingerprint density at radius 2 is 1.89 bits per heavy atom. The Kier molecular flexibility index (Phi) is 4.59. The molecule has 1 saturated carbocycles. The predicted molar refractivity (Wildman–Crippen MR) is 109 cm³/mol. The summed E-state index contributed by atoms with van der Waals surface area (Å²) in [6, 6.07) is 11.3. The highest BCUT2D eigenvalue weighted by Crippen LogP contribution is 2.22. The molecule has 1 heterocycles. The third-order valence-electron chi connectivity index (χ3n) is 5.10. The summed E-state index contributed by atoms with van der Waals surface area (Å²) in [5, 5.41) is 3.75. The number of aromatic nitrogens is 2. The van der Waals surface area contributed by atoms with Crippen LogP contribution in [0, 0.1) is 6.92 Å². The van der Waals surface area contributed by atoms with Gasteiger partial charge in [-0.3, -0.25) is 14.2 Å². The second-order valence-corrected chi connectivity index (χ2v) is 7.61. The normalized spacial score (nSPS) is 14.8. The van der Waals surface area contributed by atoms with E-state index < -0.39 is 17.3 Å². The van der Waals surface area contributed by atoms with Gasteiger partial charge in [0, 0.05) is 11.1 Å². The van der Waals surface area contributed by atoms with Gasteiger partial charge >= 0.3 is 5.69 Å². The quantitative estimate of drug-likeness (QED) is 0.735. The summed E-state index contributed by atoms with van der Waals surface area (Å²) in [7, 11) is 0. The van der Waals surface area contributed by atoms with Crippen molar-refractivity contribution in [3.63, 3.8) is 0 Å². The van der Waals surface area contributed by atoms with Crippen LogP contribution in [-0.2, 0) is 4.79 Å². The molecule has 28 heavy (non-hydrogen) atoms. The highest BCUT2D eigenvalue weighted by molar-refractivity contribution is 6.31. The molecule has 0 bridgehead atoms. The SMILES string of the molecule is Cc1ccc(-n2c(=O)c3ccccc3n([C@@H](C)C(=O)NC3CC3)c2=O)cc1Cl. The van der Waals surface area contributed by atoms with Crippen LogP contribution in [0.25, 0.3) is 16.6 Å². The van der Waals surface area contributed by atoms with Crippen molar-refractivity contribution in [3.05, 3.63) is 73.9 Å². The average molecular weight is 398 g/mol. The lowest BCUT2D eigenvalue weighted by atomic mass is 10.2. The number of nitrogens with zero attached hydrogens (tertiary/aromatic N) is 2. The molecule has 0 radical (unpaired) electrons. The summed E-state index contributed by atoms with van der Waals surface area (Å²) >= 11 is 6.22. The fourth-order valence-corrected chi connectivity index (χ4v) is 3.45. The zero-order chi connectivity index (χ0) is 20.0. The topological polar surface area (TPSA) is 73.1 Å². The predicted octanol–water partition coefficient (Wildman–Crippen LogP) is 2.95. The first-order chi connectivity index (χ1) is 13.4. The minimum absolute atomic E-state index is 0.179. The van der Waals surface area contributed by atoms with Crippen LogP contribution in [-0.4, -0.2) is 21.1 Å². The Morgan fingerprint density at radius 1 is 1.18 bits per heavy atom. The van der Waals surface area contributed by atoms with Crippen LogP contribution in [0.5, 0.6) is 0 Å². The lowest BCUT2D eigenvalue weighted by Crippen LogP contribution is -2.44. The molecule has 0 aliphatic heterocycles. The Labute approximate surface area is 166 Å². The van der Waals surface area contributed by atoms with E-state index in [2.05, 4.69) is 5.32 Å². The van der Waals surface area contributed by atoms with Gasteiger partial charge < -0.3 is 5.32 Å². The average Bonchev–Trinajstić information content (AvgIpc) is 3.48. The van der Waals surface area contributed by atoms with Crippen molar-refractivity contribution in [1.82, 2.24) is 14.5 Å². The van der Waals surface area contributed by atoms with Crippen molar-refractivity contribution in [2.24, 2.45) is 0 Å². The summed E-state index contributed by atoms with van der Waals surface area (Å²) < 4.78 is 2.46. The first kappa shape index (κ1) is 18.5. The summed E-state index contributed by atoms with van der Waals surface area (Å²) in [5.74, 6) is -0.234. The van der Waals surface area contributed by atoms with Crippen molar-refractivity contribution in [3.8, 4) is 5.69 Å². The van der Waals surface area contributed by atoms with Gasteiger partial charge in [0.1, 0.15) is 6.04 Å². The van der Waals surface area contributed by atoms with E-state index in [0.29, 0.717) is 21.6 Å². The molecule has 144 valence electrons. The minimum Gasteiger partial charge on any atom is -0.352 e. The summed E-state index contributed by atoms with van der Waals surface area (Å²) in [6.07, 6.45) is 1.91. The number of para-hydroxylation sites is 1. The number of carbonyl (C=O) groups is 1. The maximum Gasteiger partial charge on any atom is 0.336 e. The number of halogens is 1. The number of hydrogen-bond acceptors (Lipinski definition) is 3. The summed E-state index contributed by atoms with van der Waals surface area (Å²) in [5.41, 5.74) is 0.649. The van der Waals surface area contributed by atoms with Gasteiger partial charge in [-0.25, -0.2) is 9.36 Å². The molecule has 1 atom stereocenters. The van der Waals surface area contributed by atoms with E-state index in [-0.39, 0.29) is 11.9 Å². The van der Waals surface area contributed by atoms with Gasteiger partial charge in [-0.1, -0.05) is 29.8 Å². The maximum atomic E-state index is 13.4. The maximum absolute atomic E-state index is 13.4. The van der Waals surface area contributed by atoms with Crippen molar-refractivity contribution < 1.29 is 4.79 Å². The molecule has 3 aromatic rings. The molecule has 1 aliphatic carbocycles. The molecule has 7 heteroatoms. The largest absolute Gasteiger partial charge is 0.352 e. The minimum atomic E-state index is -0.759. The molecular weight excluding hydrogens is 378 g/mol. The molecular formula is C21H20ClN3O3. The lowest BCUT2D eigenvalue weighted by Gasteiger charge is -2.19. The molecule has 1 fully saturated rings. The molecule has 1 amide bonds. The van der Waals surface area contributed by atoms with E-state index in [0.717, 1.165) is 23.0 Å². The van der Waals surface area contributed by atoms with Gasteiger partial charge in [0.25, 0.3) is 5.56 Å². The zero-order valence-corrected chi connectivity index (χ0v) is 16.4. The monoisotopic (exact) mass is 397 g/mol. The van der Waals surface area contributed by atoms with Gasteiger partial charge in [0.05, 0.1) is 16.6 Å². The van der Waals surface area contributed by atoms with Crippen LogP contribution in [0.15, 0.2) is 52.1 Å². The molecule has 4 rings (SSSR count). The fraction of sp³-hybridized carbons (Fsp3) is 0.286. The highest BCUT2D eigenvalue weighted by Gasteiger charge is 2.28. The molecule has 6 nitrogen and oxygen atoms in total. The van der Waals surface area contributed by atoms with E-state index >= 15 is 0 Å². The van der Waals surface area contributed by atoms with E-state index in [1.807, 2.05) is 6.92 Å². The molecule has 0 saturated heterocycles. The number of hydrogen-bond donors (Lipinski definition) is 1. The Balaban J connectivity index is 1.98. The number of aryl methyl sites for hydroxylation is 1. The van der Waals surface area contributed by atoms with Gasteiger partial charge in [-0.2, -0.15) is 0 Å². The third kappa shape index (κ3) is 3.14. The molecule has 2 aromatic carbocycles. The van der Waals surface area contributed by atoms with E-state index in [9.17, 15) is 14.4 Å². The van der Waals surface area contributed by atoms with E-state index in [4.69, 9.17) is 11.6 Å². The second kappa shape index (κ2) is 6.95. The highest BCUT2D eigenvalue weighted by atomic mass is 35.5. The van der Waals surface area contributed by atoms with Gasteiger partial charge in [-0.05, 0) is 56.5 Å².